The van der Waals surface area contributed by atoms with Crippen molar-refractivity contribution < 1.29 is 18.7 Å². The fraction of sp³-hybridized carbons (Fsp3) is 0.273. The Bertz CT molecular complexity index is 1020. The lowest BCUT2D eigenvalue weighted by Crippen LogP contribution is -2.30. The van der Waals surface area contributed by atoms with Gasteiger partial charge in [0, 0.05) is 23.2 Å². The maximum absolute atomic E-state index is 12.4. The third kappa shape index (κ3) is 4.52. The minimum Gasteiger partial charge on any atom is -0.497 e. The van der Waals surface area contributed by atoms with E-state index in [0.717, 1.165) is 23.8 Å². The van der Waals surface area contributed by atoms with Crippen molar-refractivity contribution in [1.82, 2.24) is 0 Å². The molecule has 1 aromatic heterocycles. The summed E-state index contributed by atoms with van der Waals surface area (Å²) in [5.74, 6) is 0.885. The zero-order valence-electron chi connectivity index (χ0n) is 16.2. The van der Waals surface area contributed by atoms with Crippen LogP contribution in [0.25, 0.3) is 11.0 Å². The predicted molar refractivity (Wildman–Crippen MR) is 108 cm³/mol. The second-order valence-corrected chi connectivity index (χ2v) is 6.48. The first-order valence-corrected chi connectivity index (χ1v) is 9.18. The van der Waals surface area contributed by atoms with E-state index < -0.39 is 11.7 Å². The Morgan fingerprint density at radius 3 is 2.50 bits per heavy atom. The number of anilines is 1. The van der Waals surface area contributed by atoms with E-state index in [0.29, 0.717) is 22.8 Å². The Balaban J connectivity index is 1.73. The number of benzene rings is 2. The number of nitrogens with one attached hydrogen (secondary N) is 1. The average molecular weight is 381 g/mol. The van der Waals surface area contributed by atoms with Gasteiger partial charge >= 0.3 is 5.63 Å². The van der Waals surface area contributed by atoms with E-state index in [1.54, 1.807) is 50.4 Å². The number of carbonyl (C=O) groups is 1. The van der Waals surface area contributed by atoms with Gasteiger partial charge in [0.2, 0.25) is 0 Å². The molecule has 28 heavy (non-hydrogen) atoms. The van der Waals surface area contributed by atoms with Crippen molar-refractivity contribution in [3.63, 3.8) is 0 Å². The number of aryl methyl sites for hydroxylation is 1. The summed E-state index contributed by atoms with van der Waals surface area (Å²) in [5, 5.41) is 3.67. The fourth-order valence-corrected chi connectivity index (χ4v) is 2.94. The number of fused-ring (bicyclic) bond motifs is 1. The molecule has 3 aromatic rings. The molecule has 2 aromatic carbocycles. The van der Waals surface area contributed by atoms with Crippen molar-refractivity contribution in [2.24, 2.45) is 0 Å². The van der Waals surface area contributed by atoms with Gasteiger partial charge in [0.05, 0.1) is 7.11 Å². The van der Waals surface area contributed by atoms with Gasteiger partial charge in [-0.25, -0.2) is 4.79 Å². The first-order valence-electron chi connectivity index (χ1n) is 9.18. The first kappa shape index (κ1) is 19.5. The van der Waals surface area contributed by atoms with Crippen molar-refractivity contribution >= 4 is 22.6 Å². The normalized spacial score (nSPS) is 11.8. The highest BCUT2D eigenvalue weighted by Gasteiger charge is 2.16. The summed E-state index contributed by atoms with van der Waals surface area (Å²) in [4.78, 5) is 24.2. The van der Waals surface area contributed by atoms with Gasteiger partial charge in [-0.05, 0) is 55.3 Å². The zero-order chi connectivity index (χ0) is 20.1. The Labute approximate surface area is 163 Å². The van der Waals surface area contributed by atoms with Crippen LogP contribution in [-0.4, -0.2) is 19.1 Å². The number of rotatable bonds is 7. The quantitative estimate of drug-likeness (QED) is 0.622. The molecule has 0 radical (unpaired) electrons. The topological polar surface area (TPSA) is 77.8 Å². The van der Waals surface area contributed by atoms with Gasteiger partial charge in [0.15, 0.2) is 6.10 Å². The van der Waals surface area contributed by atoms with Gasteiger partial charge in [-0.2, -0.15) is 0 Å². The SMILES string of the molecule is CCCc1cc(=O)oc2cc(O[C@@H](C)C(=O)Nc3ccc(OC)cc3)ccc12. The molecule has 0 saturated heterocycles. The molecule has 0 unspecified atom stereocenters. The molecule has 0 fully saturated rings. The maximum Gasteiger partial charge on any atom is 0.336 e. The minimum atomic E-state index is -0.731. The molecule has 6 heteroatoms. The standard InChI is InChI=1S/C22H23NO5/c1-4-5-15-12-21(24)28-20-13-18(10-11-19(15)20)27-14(2)22(25)23-16-6-8-17(26-3)9-7-16/h6-14H,4-5H2,1-3H3,(H,23,25)/t14-/m0/s1. The molecule has 1 N–H and O–H groups in total. The van der Waals surface area contributed by atoms with Crippen LogP contribution >= 0.6 is 0 Å². The van der Waals surface area contributed by atoms with E-state index in [1.165, 1.54) is 6.07 Å². The van der Waals surface area contributed by atoms with E-state index in [2.05, 4.69) is 12.2 Å². The zero-order valence-corrected chi connectivity index (χ0v) is 16.2. The van der Waals surface area contributed by atoms with Crippen LogP contribution in [0.5, 0.6) is 11.5 Å². The molecule has 6 nitrogen and oxygen atoms in total. The predicted octanol–water partition coefficient (Wildman–Crippen LogP) is 4.16. The maximum atomic E-state index is 12.4. The largest absolute Gasteiger partial charge is 0.497 e. The number of carbonyl (C=O) groups excluding carboxylic acids is 1. The van der Waals surface area contributed by atoms with E-state index in [-0.39, 0.29) is 5.91 Å². The molecule has 1 atom stereocenters. The Kier molecular flexibility index (Phi) is 5.99. The lowest BCUT2D eigenvalue weighted by atomic mass is 10.1. The molecule has 3 rings (SSSR count). The van der Waals surface area contributed by atoms with Crippen LogP contribution in [-0.2, 0) is 11.2 Å². The number of hydrogen-bond acceptors (Lipinski definition) is 5. The summed E-state index contributed by atoms with van der Waals surface area (Å²) in [5.41, 5.74) is 1.66. The van der Waals surface area contributed by atoms with E-state index in [9.17, 15) is 9.59 Å². The highest BCUT2D eigenvalue weighted by atomic mass is 16.5. The Morgan fingerprint density at radius 2 is 1.82 bits per heavy atom. The van der Waals surface area contributed by atoms with Gasteiger partial charge in [0.1, 0.15) is 17.1 Å². The second kappa shape index (κ2) is 8.61. The molecule has 1 heterocycles. The fourth-order valence-electron chi connectivity index (χ4n) is 2.94. The number of ether oxygens (including phenoxy) is 2. The van der Waals surface area contributed by atoms with E-state index in [4.69, 9.17) is 13.9 Å². The van der Waals surface area contributed by atoms with Crippen LogP contribution in [0.1, 0.15) is 25.8 Å². The number of methoxy groups -OCH3 is 1. The van der Waals surface area contributed by atoms with Crippen LogP contribution in [0.3, 0.4) is 0 Å². The molecular weight excluding hydrogens is 358 g/mol. The van der Waals surface area contributed by atoms with Crippen molar-refractivity contribution in [2.75, 3.05) is 12.4 Å². The van der Waals surface area contributed by atoms with Crippen molar-refractivity contribution in [1.29, 1.82) is 0 Å². The average Bonchev–Trinajstić information content (AvgIpc) is 2.68. The molecule has 1 amide bonds. The lowest BCUT2D eigenvalue weighted by molar-refractivity contribution is -0.122. The molecule has 0 saturated carbocycles. The van der Waals surface area contributed by atoms with Gasteiger partial charge in [0.25, 0.3) is 5.91 Å². The molecule has 0 aliphatic rings. The van der Waals surface area contributed by atoms with Crippen LogP contribution < -0.4 is 20.4 Å². The lowest BCUT2D eigenvalue weighted by Gasteiger charge is -2.15. The second-order valence-electron chi connectivity index (χ2n) is 6.48. The summed E-state index contributed by atoms with van der Waals surface area (Å²) in [7, 11) is 1.58. The molecule has 146 valence electrons. The minimum absolute atomic E-state index is 0.286. The highest BCUT2D eigenvalue weighted by molar-refractivity contribution is 5.94. The van der Waals surface area contributed by atoms with Gasteiger partial charge in [-0.3, -0.25) is 4.79 Å². The summed E-state index contributed by atoms with van der Waals surface area (Å²) in [6, 6.07) is 13.8. The summed E-state index contributed by atoms with van der Waals surface area (Å²) < 4.78 is 16.1. The Morgan fingerprint density at radius 1 is 1.11 bits per heavy atom. The van der Waals surface area contributed by atoms with Crippen LogP contribution in [0.2, 0.25) is 0 Å². The van der Waals surface area contributed by atoms with Gasteiger partial charge < -0.3 is 19.2 Å². The smallest absolute Gasteiger partial charge is 0.336 e. The van der Waals surface area contributed by atoms with Gasteiger partial charge in [-0.1, -0.05) is 13.3 Å². The summed E-state index contributed by atoms with van der Waals surface area (Å²) in [6.45, 7) is 3.72. The molecule has 0 aliphatic heterocycles. The third-order valence-electron chi connectivity index (χ3n) is 4.36. The summed E-state index contributed by atoms with van der Waals surface area (Å²) in [6.07, 6.45) is 0.993. The first-order chi connectivity index (χ1) is 13.5. The monoisotopic (exact) mass is 381 g/mol. The number of amides is 1. The molecular formula is C22H23NO5. The van der Waals surface area contributed by atoms with Crippen molar-refractivity contribution in [3.05, 3.63) is 64.5 Å². The summed E-state index contributed by atoms with van der Waals surface area (Å²) >= 11 is 0. The van der Waals surface area contributed by atoms with Crippen molar-refractivity contribution in [3.8, 4) is 11.5 Å². The molecule has 0 aliphatic carbocycles. The molecule has 0 spiro atoms. The highest BCUT2D eigenvalue weighted by Crippen LogP contribution is 2.24. The van der Waals surface area contributed by atoms with Gasteiger partial charge in [-0.15, -0.1) is 0 Å². The van der Waals surface area contributed by atoms with Crippen LogP contribution in [0.4, 0.5) is 5.69 Å². The van der Waals surface area contributed by atoms with Crippen LogP contribution in [0.15, 0.2) is 57.7 Å². The number of hydrogen-bond donors (Lipinski definition) is 1. The van der Waals surface area contributed by atoms with Crippen molar-refractivity contribution in [2.45, 2.75) is 32.8 Å². The van der Waals surface area contributed by atoms with E-state index >= 15 is 0 Å². The third-order valence-corrected chi connectivity index (χ3v) is 4.36. The Hall–Kier alpha value is -3.28. The van der Waals surface area contributed by atoms with E-state index in [1.807, 2.05) is 6.07 Å². The van der Waals surface area contributed by atoms with Crippen LogP contribution in [0, 0.1) is 0 Å². The molecule has 0 bridgehead atoms.